The third-order valence-corrected chi connectivity index (χ3v) is 5.58. The molecule has 3 aromatic rings. The minimum Gasteiger partial charge on any atom is -0.472 e. The average Bonchev–Trinajstić information content (AvgIpc) is 2.77. The number of likely N-dealkylation sites (tertiary alicyclic amines) is 1. The molecule has 148 valence electrons. The van der Waals surface area contributed by atoms with Gasteiger partial charge in [0.15, 0.2) is 5.82 Å². The molecular formula is C22H21BrN4O2. The largest absolute Gasteiger partial charge is 0.472 e. The van der Waals surface area contributed by atoms with Gasteiger partial charge in [0, 0.05) is 41.2 Å². The van der Waals surface area contributed by atoms with Crippen LogP contribution in [0.25, 0.3) is 11.4 Å². The van der Waals surface area contributed by atoms with Gasteiger partial charge < -0.3 is 9.64 Å². The number of aromatic nitrogens is 3. The highest BCUT2D eigenvalue weighted by atomic mass is 79.9. The summed E-state index contributed by atoms with van der Waals surface area (Å²) in [5, 5.41) is 0. The van der Waals surface area contributed by atoms with E-state index in [0.717, 1.165) is 22.9 Å². The number of amides is 1. The van der Waals surface area contributed by atoms with Crippen LogP contribution in [0.4, 0.5) is 0 Å². The number of hydrogen-bond donors (Lipinski definition) is 0. The van der Waals surface area contributed by atoms with E-state index in [2.05, 4.69) is 30.9 Å². The standard InChI is InChI=1S/C22H21BrN4O2/c1-15-19(29-20-10-9-16(23)14-26-20)8-4-13-27(15)22(28)18-7-3-2-6-17(18)21-24-11-5-12-25-21/h2-3,5-7,9-12,14-15,19H,4,8,13H2,1H3. The Hall–Kier alpha value is -2.80. The van der Waals surface area contributed by atoms with E-state index in [9.17, 15) is 4.79 Å². The zero-order valence-corrected chi connectivity index (χ0v) is 17.6. The molecule has 1 aromatic carbocycles. The van der Waals surface area contributed by atoms with Gasteiger partial charge in [-0.15, -0.1) is 0 Å². The number of piperidine rings is 1. The monoisotopic (exact) mass is 452 g/mol. The number of halogens is 1. The first-order valence-electron chi connectivity index (χ1n) is 9.59. The van der Waals surface area contributed by atoms with Gasteiger partial charge in [0.1, 0.15) is 6.10 Å². The van der Waals surface area contributed by atoms with E-state index in [1.54, 1.807) is 24.7 Å². The average molecular weight is 453 g/mol. The first-order chi connectivity index (χ1) is 14.1. The molecule has 29 heavy (non-hydrogen) atoms. The second kappa shape index (κ2) is 8.69. The first-order valence-corrected chi connectivity index (χ1v) is 10.4. The van der Waals surface area contributed by atoms with Crippen molar-refractivity contribution in [2.24, 2.45) is 0 Å². The van der Waals surface area contributed by atoms with E-state index in [-0.39, 0.29) is 18.1 Å². The number of ether oxygens (including phenoxy) is 1. The Morgan fingerprint density at radius 2 is 1.90 bits per heavy atom. The summed E-state index contributed by atoms with van der Waals surface area (Å²) in [4.78, 5) is 28.3. The molecule has 1 aliphatic heterocycles. The molecule has 1 saturated heterocycles. The van der Waals surface area contributed by atoms with Crippen LogP contribution in [-0.2, 0) is 0 Å². The molecule has 2 aromatic heterocycles. The number of rotatable bonds is 4. The van der Waals surface area contributed by atoms with E-state index in [1.807, 2.05) is 48.2 Å². The highest BCUT2D eigenvalue weighted by molar-refractivity contribution is 9.10. The van der Waals surface area contributed by atoms with Crippen molar-refractivity contribution in [2.45, 2.75) is 31.9 Å². The van der Waals surface area contributed by atoms with Gasteiger partial charge in [0.2, 0.25) is 5.88 Å². The SMILES string of the molecule is CC1C(Oc2ccc(Br)cn2)CCCN1C(=O)c1ccccc1-c1ncccn1. The van der Waals surface area contributed by atoms with E-state index in [0.29, 0.717) is 23.8 Å². The molecule has 0 radical (unpaired) electrons. The molecule has 1 fully saturated rings. The number of hydrogen-bond acceptors (Lipinski definition) is 5. The number of carbonyl (C=O) groups excluding carboxylic acids is 1. The maximum Gasteiger partial charge on any atom is 0.254 e. The predicted octanol–water partition coefficient (Wildman–Crippen LogP) is 4.37. The van der Waals surface area contributed by atoms with Crippen LogP contribution in [0, 0.1) is 0 Å². The fraction of sp³-hybridized carbons (Fsp3) is 0.273. The van der Waals surface area contributed by atoms with Gasteiger partial charge in [-0.05, 0) is 53.9 Å². The maximum atomic E-state index is 13.4. The molecule has 0 N–H and O–H groups in total. The first kappa shape index (κ1) is 19.5. The summed E-state index contributed by atoms with van der Waals surface area (Å²) in [5.41, 5.74) is 1.34. The quantitative estimate of drug-likeness (QED) is 0.587. The molecule has 0 aliphatic carbocycles. The molecule has 7 heteroatoms. The molecule has 1 aliphatic rings. The summed E-state index contributed by atoms with van der Waals surface area (Å²) in [6.07, 6.45) is 6.72. The lowest BCUT2D eigenvalue weighted by Gasteiger charge is -2.39. The summed E-state index contributed by atoms with van der Waals surface area (Å²) in [6.45, 7) is 2.72. The van der Waals surface area contributed by atoms with Crippen LogP contribution in [0.3, 0.4) is 0 Å². The summed E-state index contributed by atoms with van der Waals surface area (Å²) in [6, 6.07) is 12.9. The lowest BCUT2D eigenvalue weighted by atomic mass is 9.97. The Kier molecular flexibility index (Phi) is 5.85. The highest BCUT2D eigenvalue weighted by Crippen LogP contribution is 2.27. The molecule has 0 spiro atoms. The van der Waals surface area contributed by atoms with Crippen LogP contribution in [0.5, 0.6) is 5.88 Å². The van der Waals surface area contributed by atoms with Gasteiger partial charge in [-0.2, -0.15) is 0 Å². The summed E-state index contributed by atoms with van der Waals surface area (Å²) < 4.78 is 7.00. The Bertz CT molecular complexity index is 982. The van der Waals surface area contributed by atoms with Crippen LogP contribution in [0.15, 0.2) is 65.5 Å². The zero-order valence-electron chi connectivity index (χ0n) is 16.0. The van der Waals surface area contributed by atoms with Crippen LogP contribution in [0.2, 0.25) is 0 Å². The molecule has 0 bridgehead atoms. The van der Waals surface area contributed by atoms with Crippen molar-refractivity contribution in [3.05, 3.63) is 71.1 Å². The summed E-state index contributed by atoms with van der Waals surface area (Å²) >= 11 is 3.38. The Morgan fingerprint density at radius 3 is 2.66 bits per heavy atom. The molecule has 0 saturated carbocycles. The Morgan fingerprint density at radius 1 is 1.10 bits per heavy atom. The normalized spacial score (nSPS) is 19.0. The third kappa shape index (κ3) is 4.29. The third-order valence-electron chi connectivity index (χ3n) is 5.11. The molecule has 4 rings (SSSR count). The Balaban J connectivity index is 1.57. The number of benzene rings is 1. The summed E-state index contributed by atoms with van der Waals surface area (Å²) in [7, 11) is 0. The van der Waals surface area contributed by atoms with Crippen LogP contribution >= 0.6 is 15.9 Å². The van der Waals surface area contributed by atoms with Crippen molar-refractivity contribution in [1.82, 2.24) is 19.9 Å². The van der Waals surface area contributed by atoms with E-state index >= 15 is 0 Å². The minimum atomic E-state index is -0.110. The van der Waals surface area contributed by atoms with Gasteiger partial charge >= 0.3 is 0 Å². The van der Waals surface area contributed by atoms with Gasteiger partial charge in [0.25, 0.3) is 5.91 Å². The van der Waals surface area contributed by atoms with Crippen molar-refractivity contribution >= 4 is 21.8 Å². The molecule has 6 nitrogen and oxygen atoms in total. The second-order valence-electron chi connectivity index (χ2n) is 6.97. The lowest BCUT2D eigenvalue weighted by molar-refractivity contribution is 0.0267. The van der Waals surface area contributed by atoms with E-state index in [4.69, 9.17) is 4.74 Å². The van der Waals surface area contributed by atoms with Crippen molar-refractivity contribution in [3.63, 3.8) is 0 Å². The van der Waals surface area contributed by atoms with Crippen LogP contribution < -0.4 is 4.74 Å². The molecular weight excluding hydrogens is 432 g/mol. The fourth-order valence-electron chi connectivity index (χ4n) is 3.60. The Labute approximate surface area is 178 Å². The zero-order chi connectivity index (χ0) is 20.2. The minimum absolute atomic E-state index is 0.0300. The van der Waals surface area contributed by atoms with Crippen molar-refractivity contribution < 1.29 is 9.53 Å². The maximum absolute atomic E-state index is 13.4. The van der Waals surface area contributed by atoms with Crippen molar-refractivity contribution in [1.29, 1.82) is 0 Å². The number of pyridine rings is 1. The molecule has 2 unspecified atom stereocenters. The highest BCUT2D eigenvalue weighted by Gasteiger charge is 2.34. The number of nitrogens with zero attached hydrogens (tertiary/aromatic N) is 4. The fourth-order valence-corrected chi connectivity index (χ4v) is 3.83. The van der Waals surface area contributed by atoms with Crippen LogP contribution in [0.1, 0.15) is 30.1 Å². The summed E-state index contributed by atoms with van der Waals surface area (Å²) in [5.74, 6) is 1.09. The topological polar surface area (TPSA) is 68.2 Å². The van der Waals surface area contributed by atoms with Gasteiger partial charge in [-0.3, -0.25) is 4.79 Å². The van der Waals surface area contributed by atoms with E-state index in [1.165, 1.54) is 0 Å². The number of carbonyl (C=O) groups is 1. The van der Waals surface area contributed by atoms with Crippen molar-refractivity contribution in [3.8, 4) is 17.3 Å². The predicted molar refractivity (Wildman–Crippen MR) is 114 cm³/mol. The van der Waals surface area contributed by atoms with Gasteiger partial charge in [0.05, 0.1) is 11.6 Å². The molecule has 3 heterocycles. The molecule has 2 atom stereocenters. The second-order valence-corrected chi connectivity index (χ2v) is 7.89. The van der Waals surface area contributed by atoms with Crippen LogP contribution in [-0.4, -0.2) is 44.4 Å². The van der Waals surface area contributed by atoms with Gasteiger partial charge in [-0.1, -0.05) is 18.2 Å². The lowest BCUT2D eigenvalue weighted by Crippen LogP contribution is -2.51. The van der Waals surface area contributed by atoms with Crippen molar-refractivity contribution in [2.75, 3.05) is 6.54 Å². The molecule has 1 amide bonds. The van der Waals surface area contributed by atoms with E-state index < -0.39 is 0 Å². The van der Waals surface area contributed by atoms with Gasteiger partial charge in [-0.25, -0.2) is 15.0 Å². The smallest absolute Gasteiger partial charge is 0.254 e.